The second kappa shape index (κ2) is 9.76. The molecule has 2 aromatic carbocycles. The molecule has 0 aromatic heterocycles. The van der Waals surface area contributed by atoms with Gasteiger partial charge in [0.2, 0.25) is 5.69 Å². The Morgan fingerprint density at radius 2 is 1.64 bits per heavy atom. The largest absolute Gasteiger partial charge is 0.871 e. The lowest BCUT2D eigenvalue weighted by Crippen LogP contribution is -2.38. The predicted molar refractivity (Wildman–Crippen MR) is 161 cm³/mol. The first-order valence-electron chi connectivity index (χ1n) is 14.1. The van der Waals surface area contributed by atoms with Crippen molar-refractivity contribution in [1.82, 2.24) is 0 Å². The number of allylic oxidation sites excluding steroid dienone is 5. The van der Waals surface area contributed by atoms with Crippen molar-refractivity contribution in [3.05, 3.63) is 88.3 Å². The molecule has 0 saturated heterocycles. The highest BCUT2D eigenvalue weighted by Gasteiger charge is 2.45. The van der Waals surface area contributed by atoms with Crippen LogP contribution < -0.4 is 10.0 Å². The monoisotopic (exact) mass is 589 g/mol. The predicted octanol–water partition coefficient (Wildman–Crippen LogP) is 3.50. The number of rotatable bonds is 7. The molecule has 0 radical (unpaired) electrons. The number of hydrogen-bond donors (Lipinski definition) is 0. The zero-order valence-corrected chi connectivity index (χ0v) is 26.4. The highest BCUT2D eigenvalue weighted by atomic mass is 32.2. The van der Waals surface area contributed by atoms with E-state index in [1.807, 2.05) is 43.7 Å². The van der Waals surface area contributed by atoms with Gasteiger partial charge in [-0.15, -0.1) is 0 Å². The average Bonchev–Trinajstić information content (AvgIpc) is 3.22. The van der Waals surface area contributed by atoms with E-state index in [0.717, 1.165) is 45.8 Å². The summed E-state index contributed by atoms with van der Waals surface area (Å²) in [6, 6.07) is 12.5. The van der Waals surface area contributed by atoms with E-state index < -0.39 is 15.5 Å². The van der Waals surface area contributed by atoms with Gasteiger partial charge in [-0.1, -0.05) is 37.8 Å². The third-order valence-corrected chi connectivity index (χ3v) is 9.67. The number of para-hydroxylation sites is 1. The van der Waals surface area contributed by atoms with E-state index in [2.05, 4.69) is 46.0 Å². The molecule has 8 nitrogen and oxygen atoms in total. The van der Waals surface area contributed by atoms with Crippen molar-refractivity contribution in [3.8, 4) is 0 Å². The maximum Gasteiger partial charge on any atom is 0.209 e. The lowest BCUT2D eigenvalue weighted by atomic mass is 9.77. The molecule has 0 spiro atoms. The van der Waals surface area contributed by atoms with Crippen molar-refractivity contribution in [2.45, 2.75) is 49.8 Å². The molecule has 0 saturated carbocycles. The Labute approximate surface area is 248 Å². The third-order valence-electron chi connectivity index (χ3n) is 8.84. The Morgan fingerprint density at radius 3 is 2.24 bits per heavy atom. The van der Waals surface area contributed by atoms with E-state index in [4.69, 9.17) is 0 Å². The second-order valence-corrected chi connectivity index (χ2v) is 14.9. The number of hydrogen-bond acceptors (Lipinski definition) is 6. The standard InChI is InChI=1S/C33H39N3O5S/c1-32(2)24-12-9-10-13-26(24)34(5)28(32)19-22-30(37)23(31(22)38)20-29-33(3,4)25-18-21(42(39,40)41)14-15-27(25)35(29)16-11-17-36(6,7)8/h9-10,12-15,18-20H,11,16-17H2,1-8H3. The van der Waals surface area contributed by atoms with Crippen LogP contribution in [0.2, 0.25) is 0 Å². The summed E-state index contributed by atoms with van der Waals surface area (Å²) in [5, 5.41) is 13.5. The van der Waals surface area contributed by atoms with Gasteiger partial charge >= 0.3 is 0 Å². The Bertz CT molecular complexity index is 1750. The summed E-state index contributed by atoms with van der Waals surface area (Å²) in [6.45, 7) is 9.52. The molecule has 5 rings (SSSR count). The maximum absolute atomic E-state index is 13.5. The number of benzene rings is 2. The van der Waals surface area contributed by atoms with Crippen LogP contribution in [0.5, 0.6) is 0 Å². The number of quaternary nitrogens is 1. The topological polar surface area (TPSA) is 104 Å². The normalized spacial score (nSPS) is 21.4. The van der Waals surface area contributed by atoms with Crippen LogP contribution >= 0.6 is 0 Å². The summed E-state index contributed by atoms with van der Waals surface area (Å²) in [5.41, 5.74) is 4.41. The summed E-state index contributed by atoms with van der Waals surface area (Å²) in [5.74, 6) is -0.609. The second-order valence-electron chi connectivity index (χ2n) is 13.5. The molecule has 0 unspecified atom stereocenters. The summed E-state index contributed by atoms with van der Waals surface area (Å²) in [6.07, 6.45) is 4.22. The van der Waals surface area contributed by atoms with E-state index in [1.165, 1.54) is 12.1 Å². The summed E-state index contributed by atoms with van der Waals surface area (Å²) < 4.78 is 38.3. The quantitative estimate of drug-likeness (QED) is 0.212. The molecule has 0 atom stereocenters. The van der Waals surface area contributed by atoms with Gasteiger partial charge in [0.15, 0.2) is 11.5 Å². The Kier molecular flexibility index (Phi) is 6.96. The lowest BCUT2D eigenvalue weighted by molar-refractivity contribution is -0.870. The minimum Gasteiger partial charge on any atom is -0.871 e. The number of anilines is 1. The zero-order chi connectivity index (χ0) is 31.0. The molecule has 3 aliphatic rings. The third kappa shape index (κ3) is 4.83. The van der Waals surface area contributed by atoms with Crippen molar-refractivity contribution >= 4 is 33.0 Å². The van der Waals surface area contributed by atoms with Gasteiger partial charge in [0.05, 0.1) is 38.0 Å². The highest BCUT2D eigenvalue weighted by Crippen LogP contribution is 2.50. The van der Waals surface area contributed by atoms with Crippen LogP contribution in [0, 0.1) is 0 Å². The van der Waals surface area contributed by atoms with Gasteiger partial charge in [0.25, 0.3) is 0 Å². The van der Waals surface area contributed by atoms with Gasteiger partial charge in [0, 0.05) is 58.6 Å². The molecule has 42 heavy (non-hydrogen) atoms. The van der Waals surface area contributed by atoms with E-state index in [9.17, 15) is 22.9 Å². The molecule has 1 aliphatic carbocycles. The van der Waals surface area contributed by atoms with Crippen molar-refractivity contribution in [2.75, 3.05) is 46.2 Å². The van der Waals surface area contributed by atoms with Crippen LogP contribution in [0.3, 0.4) is 0 Å². The van der Waals surface area contributed by atoms with Gasteiger partial charge in [-0.25, -0.2) is 8.42 Å². The molecule has 0 bridgehead atoms. The molecule has 2 aliphatic heterocycles. The Balaban J connectivity index is 1.57. The lowest BCUT2D eigenvalue weighted by Gasteiger charge is -2.33. The Hall–Kier alpha value is -3.53. The molecule has 9 heteroatoms. The van der Waals surface area contributed by atoms with Crippen LogP contribution in [0.15, 0.2) is 82.1 Å². The van der Waals surface area contributed by atoms with E-state index in [1.54, 1.807) is 18.2 Å². The number of fused-ring (bicyclic) bond motifs is 2. The van der Waals surface area contributed by atoms with Crippen LogP contribution in [0.1, 0.15) is 45.2 Å². The zero-order valence-electron chi connectivity index (χ0n) is 25.6. The fraction of sp³-hybridized carbons (Fsp3) is 0.394. The fourth-order valence-electron chi connectivity index (χ4n) is 6.44. The molecular weight excluding hydrogens is 550 g/mol. The van der Waals surface area contributed by atoms with Gasteiger partial charge in [0.1, 0.15) is 17.2 Å². The fourth-order valence-corrected chi connectivity index (χ4v) is 6.94. The molecule has 0 N–H and O–H groups in total. The molecule has 222 valence electrons. The van der Waals surface area contributed by atoms with Crippen molar-refractivity contribution < 1.29 is 31.9 Å². The van der Waals surface area contributed by atoms with E-state index >= 15 is 0 Å². The van der Waals surface area contributed by atoms with Crippen molar-refractivity contribution in [2.24, 2.45) is 0 Å². The molecule has 0 amide bonds. The van der Waals surface area contributed by atoms with Gasteiger partial charge in [-0.3, -0.25) is 4.79 Å². The maximum atomic E-state index is 13.5. The van der Waals surface area contributed by atoms with Crippen LogP contribution in [0.4, 0.5) is 11.4 Å². The summed E-state index contributed by atoms with van der Waals surface area (Å²) in [7, 11) is 3.63. The number of ketones is 1. The van der Waals surface area contributed by atoms with E-state index in [0.29, 0.717) is 12.1 Å². The van der Waals surface area contributed by atoms with Crippen LogP contribution in [-0.4, -0.2) is 74.8 Å². The summed E-state index contributed by atoms with van der Waals surface area (Å²) in [4.78, 5) is 15.3. The molecule has 0 fully saturated rings. The van der Waals surface area contributed by atoms with Crippen molar-refractivity contribution in [1.29, 1.82) is 0 Å². The molecular formula is C33H39N3O5S. The molecule has 2 aromatic rings. The first-order valence-corrected chi connectivity index (χ1v) is 15.6. The van der Waals surface area contributed by atoms with Crippen molar-refractivity contribution in [3.63, 3.8) is 0 Å². The first-order chi connectivity index (χ1) is 19.4. The van der Waals surface area contributed by atoms with Gasteiger partial charge < -0.3 is 19.0 Å². The van der Waals surface area contributed by atoms with Gasteiger partial charge in [-0.05, 0) is 43.7 Å². The number of carbonyl (C=O) groups excluding carboxylic acids is 1. The Morgan fingerprint density at radius 1 is 0.976 bits per heavy atom. The number of carbonyl (C=O) groups is 1. The van der Waals surface area contributed by atoms with Crippen LogP contribution in [0.25, 0.3) is 0 Å². The highest BCUT2D eigenvalue weighted by molar-refractivity contribution is 7.85. The number of Topliss-reactive ketones (excluding diaryl/α,β-unsaturated/α-hetero) is 1. The average molecular weight is 590 g/mol. The molecule has 2 heterocycles. The minimum atomic E-state index is -4.65. The first kappa shape index (κ1) is 29.9. The SMILES string of the molecule is C[N+]1=C(C=C2C(=O)C(/C=C3/N(CCC[N+](C)(C)C)c4ccc(S(=O)(=O)[O-])cc4C3(C)C)=C2[O-])C(C)(C)c2ccccc21. The number of nitrogens with zero attached hydrogens (tertiary/aromatic N) is 3. The van der Waals surface area contributed by atoms with E-state index in [-0.39, 0.29) is 33.0 Å². The van der Waals surface area contributed by atoms with Gasteiger partial charge in [-0.2, -0.15) is 4.58 Å². The van der Waals surface area contributed by atoms with Crippen LogP contribution in [-0.2, 0) is 25.7 Å². The smallest absolute Gasteiger partial charge is 0.209 e. The minimum absolute atomic E-state index is 0.113. The summed E-state index contributed by atoms with van der Waals surface area (Å²) >= 11 is 0.